The molecule has 25 heavy (non-hydrogen) atoms. The lowest BCUT2D eigenvalue weighted by Crippen LogP contribution is -2.17. The van der Waals surface area contributed by atoms with Crippen LogP contribution in [0.3, 0.4) is 0 Å². The van der Waals surface area contributed by atoms with E-state index in [1.165, 1.54) is 22.9 Å². The number of aryl methyl sites for hydroxylation is 1. The number of sulfonamides is 1. The number of halogens is 2. The van der Waals surface area contributed by atoms with Crippen molar-refractivity contribution in [2.45, 2.75) is 25.8 Å². The fraction of sp³-hybridized carbons (Fsp3) is 0.235. The number of nitrogens with zero attached hydrogens (tertiary/aromatic N) is 2. The Kier molecular flexibility index (Phi) is 4.57. The molecule has 1 aliphatic rings. The summed E-state index contributed by atoms with van der Waals surface area (Å²) in [6.07, 6.45) is 2.08. The summed E-state index contributed by atoms with van der Waals surface area (Å²) in [6, 6.07) is 8.47. The van der Waals surface area contributed by atoms with Crippen LogP contribution in [0, 0.1) is 6.92 Å². The van der Waals surface area contributed by atoms with Crippen molar-refractivity contribution in [2.75, 3.05) is 0 Å². The Morgan fingerprint density at radius 2 is 1.96 bits per heavy atom. The number of hydrogen-bond acceptors (Lipinski definition) is 3. The summed E-state index contributed by atoms with van der Waals surface area (Å²) in [7, 11) is -3.78. The van der Waals surface area contributed by atoms with Crippen LogP contribution in [0.25, 0.3) is 11.3 Å². The Morgan fingerprint density at radius 3 is 2.48 bits per heavy atom. The molecule has 1 heterocycles. The number of benzene rings is 1. The van der Waals surface area contributed by atoms with Crippen LogP contribution in [-0.4, -0.2) is 18.2 Å². The summed E-state index contributed by atoms with van der Waals surface area (Å²) in [5.74, 6) is 0. The number of hydrogen-bond donors (Lipinski definition) is 1. The number of aromatic nitrogens is 2. The van der Waals surface area contributed by atoms with Gasteiger partial charge in [0.2, 0.25) is 10.0 Å². The molecule has 1 atom stereocenters. The quantitative estimate of drug-likeness (QED) is 0.901. The Bertz CT molecular complexity index is 945. The summed E-state index contributed by atoms with van der Waals surface area (Å²) >= 11 is 0. The molecule has 5 nitrogen and oxygen atoms in total. The molecule has 1 aromatic heterocycles. The molecule has 1 aliphatic carbocycles. The van der Waals surface area contributed by atoms with Crippen molar-refractivity contribution in [3.8, 4) is 11.3 Å². The second kappa shape index (κ2) is 6.53. The maximum Gasteiger partial charge on any atom is 0.282 e. The molecule has 0 saturated heterocycles. The Hall–Kier alpha value is -2.32. The van der Waals surface area contributed by atoms with Gasteiger partial charge >= 0.3 is 0 Å². The zero-order chi connectivity index (χ0) is 18.2. The summed E-state index contributed by atoms with van der Waals surface area (Å²) in [5, 5.41) is 9.13. The third-order valence-corrected chi connectivity index (χ3v) is 4.97. The summed E-state index contributed by atoms with van der Waals surface area (Å²) in [6.45, 7) is 1.94. The molecule has 1 unspecified atom stereocenters. The topological polar surface area (TPSA) is 78.0 Å². The smallest absolute Gasteiger partial charge is 0.257 e. The number of alkyl halides is 2. The van der Waals surface area contributed by atoms with Crippen LogP contribution in [0.1, 0.15) is 30.1 Å². The maximum absolute atomic E-state index is 13.1. The first kappa shape index (κ1) is 17.5. The fourth-order valence-corrected chi connectivity index (χ4v) is 3.29. The van der Waals surface area contributed by atoms with E-state index in [9.17, 15) is 17.2 Å². The average Bonchev–Trinajstić information content (AvgIpc) is 3.00. The van der Waals surface area contributed by atoms with Gasteiger partial charge in [-0.25, -0.2) is 22.3 Å². The highest BCUT2D eigenvalue weighted by molar-refractivity contribution is 7.93. The number of allylic oxidation sites excluding steroid dienone is 3. The lowest BCUT2D eigenvalue weighted by molar-refractivity contribution is 0.144. The van der Waals surface area contributed by atoms with Crippen LogP contribution >= 0.6 is 0 Å². The highest BCUT2D eigenvalue weighted by Crippen LogP contribution is 2.32. The van der Waals surface area contributed by atoms with E-state index in [1.54, 1.807) is 6.08 Å². The van der Waals surface area contributed by atoms with Crippen molar-refractivity contribution in [3.63, 3.8) is 0 Å². The van der Waals surface area contributed by atoms with E-state index >= 15 is 0 Å². The number of rotatable bonds is 4. The van der Waals surface area contributed by atoms with Crippen molar-refractivity contribution in [3.05, 3.63) is 64.7 Å². The van der Waals surface area contributed by atoms with E-state index in [2.05, 4.69) is 5.10 Å². The van der Waals surface area contributed by atoms with Gasteiger partial charge in [0.25, 0.3) is 6.43 Å². The van der Waals surface area contributed by atoms with Gasteiger partial charge in [-0.1, -0.05) is 42.0 Å². The fourth-order valence-electron chi connectivity index (χ4n) is 2.69. The van der Waals surface area contributed by atoms with Crippen LogP contribution in [0.5, 0.6) is 0 Å². The van der Waals surface area contributed by atoms with Crippen molar-refractivity contribution in [2.24, 2.45) is 5.14 Å². The highest BCUT2D eigenvalue weighted by Gasteiger charge is 2.23. The Morgan fingerprint density at radius 1 is 1.28 bits per heavy atom. The SMILES string of the molecule is Cc1ccc(-c2cc(C(F)F)nn2C2C=CC(S(N)(=O)=O)=CC2)cc1. The zero-order valence-electron chi connectivity index (χ0n) is 13.4. The van der Waals surface area contributed by atoms with Crippen LogP contribution in [0.4, 0.5) is 8.78 Å². The molecule has 0 aliphatic heterocycles. The molecule has 0 spiro atoms. The van der Waals surface area contributed by atoms with Crippen molar-refractivity contribution >= 4 is 10.0 Å². The van der Waals surface area contributed by atoms with Crippen molar-refractivity contribution in [1.82, 2.24) is 9.78 Å². The van der Waals surface area contributed by atoms with Gasteiger partial charge in [-0.05, 0) is 31.1 Å². The molecule has 0 bridgehead atoms. The molecule has 0 radical (unpaired) electrons. The van der Waals surface area contributed by atoms with E-state index < -0.39 is 16.4 Å². The molecule has 2 N–H and O–H groups in total. The minimum atomic E-state index is -3.78. The lowest BCUT2D eigenvalue weighted by atomic mass is 10.1. The molecular formula is C17H17F2N3O2S. The van der Waals surface area contributed by atoms with Gasteiger partial charge in [0.15, 0.2) is 0 Å². The lowest BCUT2D eigenvalue weighted by Gasteiger charge is -2.19. The largest absolute Gasteiger partial charge is 0.282 e. The number of nitrogens with two attached hydrogens (primary N) is 1. The van der Waals surface area contributed by atoms with Crippen LogP contribution in [0.15, 0.2) is 53.5 Å². The average molecular weight is 365 g/mol. The molecular weight excluding hydrogens is 348 g/mol. The first-order valence-electron chi connectivity index (χ1n) is 7.61. The molecule has 1 aromatic carbocycles. The minimum absolute atomic E-state index is 0.0156. The highest BCUT2D eigenvalue weighted by atomic mass is 32.2. The minimum Gasteiger partial charge on any atom is -0.257 e. The van der Waals surface area contributed by atoms with E-state index in [4.69, 9.17) is 5.14 Å². The third kappa shape index (κ3) is 3.69. The van der Waals surface area contributed by atoms with Gasteiger partial charge in [-0.2, -0.15) is 5.10 Å². The van der Waals surface area contributed by atoms with Gasteiger partial charge in [0.05, 0.1) is 16.6 Å². The van der Waals surface area contributed by atoms with Crippen LogP contribution < -0.4 is 5.14 Å². The standard InChI is InChI=1S/C17H17F2N3O2S/c1-11-2-4-12(5-3-11)16-10-15(17(18)19)21-22(16)13-6-8-14(9-7-13)25(20,23)24/h2-6,8-10,13,17H,7H2,1H3,(H2,20,23,24). The predicted molar refractivity (Wildman–Crippen MR) is 91.3 cm³/mol. The molecule has 2 aromatic rings. The number of primary sulfonamides is 1. The second-order valence-electron chi connectivity index (χ2n) is 5.88. The molecule has 0 amide bonds. The van der Waals surface area contributed by atoms with E-state index in [-0.39, 0.29) is 16.6 Å². The summed E-state index contributed by atoms with van der Waals surface area (Å²) in [4.78, 5) is 0.0156. The molecule has 0 fully saturated rings. The summed E-state index contributed by atoms with van der Waals surface area (Å²) in [5.41, 5.74) is 2.06. The van der Waals surface area contributed by atoms with Gasteiger partial charge < -0.3 is 0 Å². The molecule has 0 saturated carbocycles. The van der Waals surface area contributed by atoms with Gasteiger partial charge in [0.1, 0.15) is 5.69 Å². The first-order chi connectivity index (χ1) is 11.8. The Balaban J connectivity index is 2.00. The van der Waals surface area contributed by atoms with Gasteiger partial charge in [-0.3, -0.25) is 4.68 Å². The normalized spacial score (nSPS) is 17.8. The molecule has 132 valence electrons. The van der Waals surface area contributed by atoms with Gasteiger partial charge in [-0.15, -0.1) is 0 Å². The predicted octanol–water partition coefficient (Wildman–Crippen LogP) is 3.47. The molecule has 8 heteroatoms. The van der Waals surface area contributed by atoms with E-state index in [1.807, 2.05) is 31.2 Å². The van der Waals surface area contributed by atoms with Crippen molar-refractivity contribution in [1.29, 1.82) is 0 Å². The molecule has 3 rings (SSSR count). The van der Waals surface area contributed by atoms with Crippen LogP contribution in [0.2, 0.25) is 0 Å². The summed E-state index contributed by atoms with van der Waals surface area (Å²) < 4.78 is 50.5. The Labute approximate surface area is 144 Å². The first-order valence-corrected chi connectivity index (χ1v) is 9.16. The maximum atomic E-state index is 13.1. The monoisotopic (exact) mass is 365 g/mol. The van der Waals surface area contributed by atoms with Crippen molar-refractivity contribution < 1.29 is 17.2 Å². The zero-order valence-corrected chi connectivity index (χ0v) is 14.2. The van der Waals surface area contributed by atoms with E-state index in [0.717, 1.165) is 11.1 Å². The second-order valence-corrected chi connectivity index (χ2v) is 7.44. The van der Waals surface area contributed by atoms with Crippen LogP contribution in [-0.2, 0) is 10.0 Å². The van der Waals surface area contributed by atoms with E-state index in [0.29, 0.717) is 12.1 Å². The third-order valence-electron chi connectivity index (χ3n) is 4.01. The van der Waals surface area contributed by atoms with Gasteiger partial charge in [0, 0.05) is 0 Å².